The second-order valence-corrected chi connectivity index (χ2v) is 8.33. The third kappa shape index (κ3) is 4.35. The van der Waals surface area contributed by atoms with Crippen LogP contribution < -0.4 is 10.2 Å². The summed E-state index contributed by atoms with van der Waals surface area (Å²) >= 11 is 0. The second kappa shape index (κ2) is 9.22. The number of hydrogen-bond donors (Lipinski definition) is 2. The van der Waals surface area contributed by atoms with Crippen LogP contribution in [0.2, 0.25) is 0 Å². The molecule has 4 aromatic rings. The lowest BCUT2D eigenvalue weighted by atomic mass is 9.97. The molecular formula is C26H27N5O. The van der Waals surface area contributed by atoms with Crippen molar-refractivity contribution in [1.82, 2.24) is 20.5 Å². The number of aromatic amines is 1. The molecule has 0 saturated carbocycles. The number of benzene rings is 2. The van der Waals surface area contributed by atoms with E-state index >= 15 is 0 Å². The molecule has 1 saturated heterocycles. The molecule has 5 rings (SSSR count). The summed E-state index contributed by atoms with van der Waals surface area (Å²) in [6.07, 6.45) is 4.74. The lowest BCUT2D eigenvalue weighted by Gasteiger charge is -2.32. The molecule has 3 heterocycles. The highest BCUT2D eigenvalue weighted by atomic mass is 16.1. The molecule has 0 radical (unpaired) electrons. The van der Waals surface area contributed by atoms with Crippen LogP contribution in [-0.4, -0.2) is 40.7 Å². The molecule has 0 bridgehead atoms. The molecule has 32 heavy (non-hydrogen) atoms. The van der Waals surface area contributed by atoms with E-state index in [-0.39, 0.29) is 11.8 Å². The Kier molecular flexibility index (Phi) is 5.83. The van der Waals surface area contributed by atoms with Gasteiger partial charge in [0, 0.05) is 42.3 Å². The number of fused-ring (bicyclic) bond motifs is 1. The van der Waals surface area contributed by atoms with Crippen molar-refractivity contribution in [2.24, 2.45) is 5.92 Å². The minimum absolute atomic E-state index is 0.0256. The van der Waals surface area contributed by atoms with Gasteiger partial charge in [-0.25, -0.2) is 0 Å². The van der Waals surface area contributed by atoms with Gasteiger partial charge in [-0.05, 0) is 43.0 Å². The standard InChI is InChI=1S/C26H27N5O/c32-26(27-15-14-20-17-28-24-11-5-4-10-22(20)24)21-9-6-16-31(18-21)25-13-12-23(29-30-25)19-7-2-1-3-8-19/h1-5,7-8,10-13,17,21,28H,6,9,14-16,18H2,(H,27,32). The normalized spacial score (nSPS) is 16.2. The number of carbonyl (C=O) groups is 1. The van der Waals surface area contributed by atoms with E-state index in [9.17, 15) is 4.79 Å². The van der Waals surface area contributed by atoms with Crippen molar-refractivity contribution in [1.29, 1.82) is 0 Å². The lowest BCUT2D eigenvalue weighted by molar-refractivity contribution is -0.125. The van der Waals surface area contributed by atoms with E-state index in [0.29, 0.717) is 13.1 Å². The van der Waals surface area contributed by atoms with E-state index < -0.39 is 0 Å². The predicted molar refractivity (Wildman–Crippen MR) is 127 cm³/mol. The maximum absolute atomic E-state index is 12.8. The fraction of sp³-hybridized carbons (Fsp3) is 0.269. The molecule has 1 amide bonds. The Bertz CT molecular complexity index is 1190. The summed E-state index contributed by atoms with van der Waals surface area (Å²) in [6.45, 7) is 2.22. The van der Waals surface area contributed by atoms with Gasteiger partial charge in [0.05, 0.1) is 11.6 Å². The summed E-state index contributed by atoms with van der Waals surface area (Å²) in [5.41, 5.74) is 4.28. The van der Waals surface area contributed by atoms with E-state index in [4.69, 9.17) is 0 Å². The molecule has 1 atom stereocenters. The Morgan fingerprint density at radius 2 is 1.88 bits per heavy atom. The molecule has 6 nitrogen and oxygen atoms in total. The van der Waals surface area contributed by atoms with Crippen LogP contribution in [0.1, 0.15) is 18.4 Å². The zero-order chi connectivity index (χ0) is 21.8. The molecule has 6 heteroatoms. The van der Waals surface area contributed by atoms with Gasteiger partial charge in [0.2, 0.25) is 5.91 Å². The average molecular weight is 426 g/mol. The van der Waals surface area contributed by atoms with E-state index in [2.05, 4.69) is 37.5 Å². The van der Waals surface area contributed by atoms with Gasteiger partial charge in [0.1, 0.15) is 0 Å². The first-order valence-electron chi connectivity index (χ1n) is 11.2. The van der Waals surface area contributed by atoms with E-state index in [1.807, 2.05) is 60.8 Å². The third-order valence-electron chi connectivity index (χ3n) is 6.20. The summed E-state index contributed by atoms with van der Waals surface area (Å²) in [5.74, 6) is 0.937. The molecule has 2 N–H and O–H groups in total. The Balaban J connectivity index is 1.17. The van der Waals surface area contributed by atoms with Gasteiger partial charge in [0.15, 0.2) is 5.82 Å². The first kappa shape index (κ1) is 20.2. The number of para-hydroxylation sites is 1. The summed E-state index contributed by atoms with van der Waals surface area (Å²) in [6, 6.07) is 22.3. The molecule has 1 fully saturated rings. The summed E-state index contributed by atoms with van der Waals surface area (Å²) in [4.78, 5) is 18.3. The average Bonchev–Trinajstić information content (AvgIpc) is 3.28. The molecule has 1 aliphatic heterocycles. The van der Waals surface area contributed by atoms with E-state index in [1.54, 1.807) is 0 Å². The van der Waals surface area contributed by atoms with Crippen molar-refractivity contribution in [3.63, 3.8) is 0 Å². The third-order valence-corrected chi connectivity index (χ3v) is 6.20. The molecule has 0 spiro atoms. The van der Waals surface area contributed by atoms with Crippen molar-refractivity contribution in [2.75, 3.05) is 24.5 Å². The lowest BCUT2D eigenvalue weighted by Crippen LogP contribution is -2.43. The van der Waals surface area contributed by atoms with Gasteiger partial charge in [-0.15, -0.1) is 10.2 Å². The maximum Gasteiger partial charge on any atom is 0.224 e. The molecular weight excluding hydrogens is 398 g/mol. The highest BCUT2D eigenvalue weighted by molar-refractivity contribution is 5.83. The van der Waals surface area contributed by atoms with E-state index in [0.717, 1.165) is 48.4 Å². The topological polar surface area (TPSA) is 73.9 Å². The molecule has 2 aromatic carbocycles. The van der Waals surface area contributed by atoms with Crippen LogP contribution >= 0.6 is 0 Å². The first-order valence-corrected chi connectivity index (χ1v) is 11.2. The molecule has 2 aromatic heterocycles. The van der Waals surface area contributed by atoms with Crippen LogP contribution in [-0.2, 0) is 11.2 Å². The number of aromatic nitrogens is 3. The van der Waals surface area contributed by atoms with Crippen LogP contribution in [0.15, 0.2) is 72.9 Å². The molecule has 162 valence electrons. The smallest absolute Gasteiger partial charge is 0.224 e. The Labute approximate surface area is 187 Å². The second-order valence-electron chi connectivity index (χ2n) is 8.33. The zero-order valence-corrected chi connectivity index (χ0v) is 18.0. The minimum atomic E-state index is -0.0256. The van der Waals surface area contributed by atoms with Crippen LogP contribution in [0.5, 0.6) is 0 Å². The van der Waals surface area contributed by atoms with Gasteiger partial charge < -0.3 is 15.2 Å². The minimum Gasteiger partial charge on any atom is -0.361 e. The van der Waals surface area contributed by atoms with Crippen LogP contribution in [0.25, 0.3) is 22.2 Å². The molecule has 1 aliphatic rings. The number of anilines is 1. The van der Waals surface area contributed by atoms with Crippen molar-refractivity contribution in [3.8, 4) is 11.3 Å². The largest absolute Gasteiger partial charge is 0.361 e. The number of carbonyl (C=O) groups excluding carboxylic acids is 1. The van der Waals surface area contributed by atoms with Gasteiger partial charge >= 0.3 is 0 Å². The summed E-state index contributed by atoms with van der Waals surface area (Å²) in [7, 11) is 0. The Morgan fingerprint density at radius 3 is 2.72 bits per heavy atom. The number of amides is 1. The number of rotatable bonds is 6. The van der Waals surface area contributed by atoms with Gasteiger partial charge in [0.25, 0.3) is 0 Å². The predicted octanol–water partition coefficient (Wildman–Crippen LogP) is 4.20. The highest BCUT2D eigenvalue weighted by Crippen LogP contribution is 2.23. The quantitative estimate of drug-likeness (QED) is 0.486. The molecule has 0 aliphatic carbocycles. The number of hydrogen-bond acceptors (Lipinski definition) is 4. The summed E-state index contributed by atoms with van der Waals surface area (Å²) in [5, 5.41) is 13.2. The maximum atomic E-state index is 12.8. The first-order chi connectivity index (χ1) is 15.8. The zero-order valence-electron chi connectivity index (χ0n) is 18.0. The molecule has 1 unspecified atom stereocenters. The van der Waals surface area contributed by atoms with Crippen LogP contribution in [0, 0.1) is 5.92 Å². The Hall–Kier alpha value is -3.67. The Morgan fingerprint density at radius 1 is 1.03 bits per heavy atom. The van der Waals surface area contributed by atoms with Crippen molar-refractivity contribution in [2.45, 2.75) is 19.3 Å². The van der Waals surface area contributed by atoms with Crippen LogP contribution in [0.4, 0.5) is 5.82 Å². The van der Waals surface area contributed by atoms with Crippen LogP contribution in [0.3, 0.4) is 0 Å². The van der Waals surface area contributed by atoms with Gasteiger partial charge in [-0.3, -0.25) is 4.79 Å². The van der Waals surface area contributed by atoms with Gasteiger partial charge in [-0.1, -0.05) is 48.5 Å². The fourth-order valence-corrected chi connectivity index (χ4v) is 4.46. The van der Waals surface area contributed by atoms with Crippen molar-refractivity contribution >= 4 is 22.6 Å². The number of nitrogens with zero attached hydrogens (tertiary/aromatic N) is 3. The SMILES string of the molecule is O=C(NCCc1c[nH]c2ccccc12)C1CCCN(c2ccc(-c3ccccc3)nn2)C1. The highest BCUT2D eigenvalue weighted by Gasteiger charge is 2.26. The summed E-state index contributed by atoms with van der Waals surface area (Å²) < 4.78 is 0. The number of H-pyrrole nitrogens is 1. The van der Waals surface area contributed by atoms with Crippen molar-refractivity contribution < 1.29 is 4.79 Å². The van der Waals surface area contributed by atoms with Crippen molar-refractivity contribution in [3.05, 3.63) is 78.5 Å². The van der Waals surface area contributed by atoms with E-state index in [1.165, 1.54) is 10.9 Å². The number of nitrogens with one attached hydrogen (secondary N) is 2. The van der Waals surface area contributed by atoms with Gasteiger partial charge in [-0.2, -0.15) is 0 Å². The monoisotopic (exact) mass is 425 g/mol. The fourth-order valence-electron chi connectivity index (χ4n) is 4.46. The number of piperidine rings is 1.